The Morgan fingerprint density at radius 2 is 1.85 bits per heavy atom. The number of carbonyl (C=O) groups excluding carboxylic acids is 3. The van der Waals surface area contributed by atoms with E-state index in [1.165, 1.54) is 23.5 Å². The van der Waals surface area contributed by atoms with Crippen LogP contribution in [0.4, 0.5) is 10.1 Å². The van der Waals surface area contributed by atoms with E-state index in [0.29, 0.717) is 42.0 Å². The SMILES string of the molecule is O=C(NCc1nc(-c2ccccc2)cs1)C1CCCN(c2cccc3c2C(=O)N(Cc2cccc(F)c2)C3=O)C1. The van der Waals surface area contributed by atoms with E-state index in [1.807, 2.05) is 46.7 Å². The van der Waals surface area contributed by atoms with Crippen LogP contribution in [0.1, 0.15) is 44.1 Å². The number of halogens is 1. The monoisotopic (exact) mass is 554 g/mol. The molecule has 202 valence electrons. The predicted octanol–water partition coefficient (Wildman–Crippen LogP) is 5.28. The van der Waals surface area contributed by atoms with Crippen molar-refractivity contribution in [2.75, 3.05) is 18.0 Å². The van der Waals surface area contributed by atoms with E-state index in [1.54, 1.807) is 24.3 Å². The van der Waals surface area contributed by atoms with E-state index in [4.69, 9.17) is 0 Å². The Morgan fingerprint density at radius 1 is 1.02 bits per heavy atom. The topological polar surface area (TPSA) is 82.6 Å². The molecule has 40 heavy (non-hydrogen) atoms. The molecule has 2 aliphatic heterocycles. The molecule has 2 aliphatic rings. The number of thiazole rings is 1. The highest BCUT2D eigenvalue weighted by molar-refractivity contribution is 7.09. The number of nitrogens with one attached hydrogen (secondary N) is 1. The number of nitrogens with zero attached hydrogens (tertiary/aromatic N) is 3. The highest BCUT2D eigenvalue weighted by atomic mass is 32.1. The lowest BCUT2D eigenvalue weighted by Gasteiger charge is -2.34. The summed E-state index contributed by atoms with van der Waals surface area (Å²) in [6.07, 6.45) is 1.52. The van der Waals surface area contributed by atoms with Gasteiger partial charge < -0.3 is 10.2 Å². The first kappa shape index (κ1) is 25.9. The molecule has 0 radical (unpaired) electrons. The fourth-order valence-corrected chi connectivity index (χ4v) is 6.13. The third-order valence-corrected chi connectivity index (χ3v) is 8.22. The van der Waals surface area contributed by atoms with Gasteiger partial charge in [-0.25, -0.2) is 9.37 Å². The van der Waals surface area contributed by atoms with Gasteiger partial charge in [0.25, 0.3) is 11.8 Å². The maximum absolute atomic E-state index is 13.7. The molecule has 3 heterocycles. The van der Waals surface area contributed by atoms with Crippen molar-refractivity contribution in [2.45, 2.75) is 25.9 Å². The van der Waals surface area contributed by atoms with Crippen molar-refractivity contribution in [3.8, 4) is 11.3 Å². The maximum Gasteiger partial charge on any atom is 0.263 e. The Bertz CT molecular complexity index is 1590. The van der Waals surface area contributed by atoms with Crippen molar-refractivity contribution in [3.63, 3.8) is 0 Å². The number of benzene rings is 3. The number of amides is 3. The highest BCUT2D eigenvalue weighted by Crippen LogP contribution is 2.35. The van der Waals surface area contributed by atoms with Gasteiger partial charge in [0.2, 0.25) is 5.91 Å². The quantitative estimate of drug-likeness (QED) is 0.315. The molecule has 0 spiro atoms. The van der Waals surface area contributed by atoms with Crippen molar-refractivity contribution < 1.29 is 18.8 Å². The molecule has 1 fully saturated rings. The van der Waals surface area contributed by atoms with Crippen molar-refractivity contribution in [2.24, 2.45) is 5.92 Å². The molecule has 9 heteroatoms. The van der Waals surface area contributed by atoms with Crippen LogP contribution in [0.5, 0.6) is 0 Å². The fourth-order valence-electron chi connectivity index (χ4n) is 5.39. The van der Waals surface area contributed by atoms with Crippen LogP contribution in [0.2, 0.25) is 0 Å². The number of imide groups is 1. The largest absolute Gasteiger partial charge is 0.370 e. The van der Waals surface area contributed by atoms with Gasteiger partial charge in [0.1, 0.15) is 10.8 Å². The first-order valence-electron chi connectivity index (χ1n) is 13.2. The third kappa shape index (κ3) is 5.12. The Labute approximate surface area is 235 Å². The van der Waals surface area contributed by atoms with Crippen molar-refractivity contribution >= 4 is 34.7 Å². The number of fused-ring (bicyclic) bond motifs is 1. The normalized spacial score (nSPS) is 16.8. The van der Waals surface area contributed by atoms with E-state index in [0.717, 1.165) is 34.0 Å². The van der Waals surface area contributed by atoms with E-state index >= 15 is 0 Å². The lowest BCUT2D eigenvalue weighted by molar-refractivity contribution is -0.125. The number of carbonyl (C=O) groups is 3. The Balaban J connectivity index is 1.13. The first-order valence-corrected chi connectivity index (χ1v) is 14.1. The van der Waals surface area contributed by atoms with Crippen molar-refractivity contribution in [1.82, 2.24) is 15.2 Å². The van der Waals surface area contributed by atoms with E-state index in [9.17, 15) is 18.8 Å². The lowest BCUT2D eigenvalue weighted by atomic mass is 9.95. The van der Waals surface area contributed by atoms with Gasteiger partial charge in [0.05, 0.1) is 41.5 Å². The van der Waals surface area contributed by atoms with Crippen LogP contribution >= 0.6 is 11.3 Å². The van der Waals surface area contributed by atoms with E-state index < -0.39 is 17.6 Å². The molecule has 1 atom stereocenters. The summed E-state index contributed by atoms with van der Waals surface area (Å²) in [5, 5.41) is 5.86. The van der Waals surface area contributed by atoms with Crippen LogP contribution in [0.25, 0.3) is 11.3 Å². The summed E-state index contributed by atoms with van der Waals surface area (Å²) in [4.78, 5) is 47.6. The molecule has 3 aromatic carbocycles. The Kier molecular flexibility index (Phi) is 7.13. The van der Waals surface area contributed by atoms with Gasteiger partial charge in [-0.2, -0.15) is 0 Å². The fraction of sp³-hybridized carbons (Fsp3) is 0.226. The number of rotatable bonds is 7. The summed E-state index contributed by atoms with van der Waals surface area (Å²) in [7, 11) is 0. The zero-order valence-electron chi connectivity index (χ0n) is 21.7. The Hall–Kier alpha value is -4.37. The molecule has 0 bridgehead atoms. The molecule has 1 unspecified atom stereocenters. The summed E-state index contributed by atoms with van der Waals surface area (Å²) < 4.78 is 13.7. The zero-order chi connectivity index (χ0) is 27.6. The standard InChI is InChI=1S/C31H27FN4O3S/c32-23-11-4-7-20(15-23)17-36-30(38)24-12-5-13-26(28(24)31(36)39)35-14-6-10-22(18-35)29(37)33-16-27-34-25(19-40-27)21-8-2-1-3-9-21/h1-5,7-9,11-13,15,19,22H,6,10,14,16-18H2,(H,33,37). The number of anilines is 1. The van der Waals surface area contributed by atoms with Gasteiger partial charge in [-0.05, 0) is 42.7 Å². The molecule has 3 amide bonds. The number of piperidine rings is 1. The molecule has 6 rings (SSSR count). The van der Waals surface area contributed by atoms with Crippen LogP contribution in [0.15, 0.2) is 78.2 Å². The minimum Gasteiger partial charge on any atom is -0.370 e. The second-order valence-corrected chi connectivity index (χ2v) is 11.0. The van der Waals surface area contributed by atoms with Crippen LogP contribution in [-0.2, 0) is 17.9 Å². The molecule has 0 aliphatic carbocycles. The van der Waals surface area contributed by atoms with Crippen LogP contribution in [-0.4, -0.2) is 40.7 Å². The lowest BCUT2D eigenvalue weighted by Crippen LogP contribution is -2.43. The highest BCUT2D eigenvalue weighted by Gasteiger charge is 2.39. The molecule has 1 aromatic heterocycles. The second-order valence-electron chi connectivity index (χ2n) is 10.0. The van der Waals surface area contributed by atoms with Crippen LogP contribution in [0, 0.1) is 11.7 Å². The van der Waals surface area contributed by atoms with Crippen LogP contribution < -0.4 is 10.2 Å². The molecule has 7 nitrogen and oxygen atoms in total. The first-order chi connectivity index (χ1) is 19.5. The molecule has 1 saturated heterocycles. The molecular weight excluding hydrogens is 527 g/mol. The van der Waals surface area contributed by atoms with Gasteiger partial charge in [-0.1, -0.05) is 48.5 Å². The van der Waals surface area contributed by atoms with Gasteiger partial charge in [-0.3, -0.25) is 19.3 Å². The summed E-state index contributed by atoms with van der Waals surface area (Å²) in [5.41, 5.74) is 3.81. The average Bonchev–Trinajstić information content (AvgIpc) is 3.56. The minimum absolute atomic E-state index is 0.00266. The summed E-state index contributed by atoms with van der Waals surface area (Å²) >= 11 is 1.51. The molecule has 1 N–H and O–H groups in total. The minimum atomic E-state index is -0.418. The van der Waals surface area contributed by atoms with Gasteiger partial charge in [0, 0.05) is 24.0 Å². The average molecular weight is 555 g/mol. The Morgan fingerprint density at radius 3 is 2.67 bits per heavy atom. The molecule has 0 saturated carbocycles. The van der Waals surface area contributed by atoms with Gasteiger partial charge in [-0.15, -0.1) is 11.3 Å². The van der Waals surface area contributed by atoms with Crippen molar-refractivity contribution in [1.29, 1.82) is 0 Å². The summed E-state index contributed by atoms with van der Waals surface area (Å²) in [6.45, 7) is 1.48. The predicted molar refractivity (Wildman–Crippen MR) is 151 cm³/mol. The van der Waals surface area contributed by atoms with E-state index in [2.05, 4.69) is 10.3 Å². The van der Waals surface area contributed by atoms with E-state index in [-0.39, 0.29) is 18.4 Å². The van der Waals surface area contributed by atoms with Crippen molar-refractivity contribution in [3.05, 3.63) is 106 Å². The maximum atomic E-state index is 13.7. The van der Waals surface area contributed by atoms with Gasteiger partial charge in [0.15, 0.2) is 0 Å². The molecule has 4 aromatic rings. The summed E-state index contributed by atoms with van der Waals surface area (Å²) in [6, 6.07) is 21.1. The van der Waals surface area contributed by atoms with Crippen LogP contribution in [0.3, 0.4) is 0 Å². The second kappa shape index (κ2) is 11.0. The number of hydrogen-bond acceptors (Lipinski definition) is 6. The smallest absolute Gasteiger partial charge is 0.263 e. The summed E-state index contributed by atoms with van der Waals surface area (Å²) in [5.74, 6) is -1.52. The number of hydrogen-bond donors (Lipinski definition) is 1. The zero-order valence-corrected chi connectivity index (χ0v) is 22.5. The third-order valence-electron chi connectivity index (χ3n) is 7.37. The van der Waals surface area contributed by atoms with Gasteiger partial charge >= 0.3 is 0 Å². The number of aromatic nitrogens is 1. The molecular formula is C31H27FN4O3S.